The topological polar surface area (TPSA) is 123 Å². The molecule has 0 fully saturated rings. The second-order valence-corrected chi connectivity index (χ2v) is 7.77. The van der Waals surface area contributed by atoms with Gasteiger partial charge in [0, 0.05) is 12.8 Å². The first-order valence-electron chi connectivity index (χ1n) is 11.3. The molecule has 0 saturated heterocycles. The Kier molecular flexibility index (Phi) is 9.84. The number of carboxylic acid groups (broad SMARTS) is 1. The highest BCUT2D eigenvalue weighted by atomic mass is 16.5. The SMILES string of the molecule is COCCOc1ccc(NC(=O)OCc2ccccc2)cc1C(=O)NC(CC(=O)O)c1ccccc1. The van der Waals surface area contributed by atoms with Crippen LogP contribution in [0.2, 0.25) is 0 Å². The van der Waals surface area contributed by atoms with Gasteiger partial charge in [-0.25, -0.2) is 4.79 Å². The van der Waals surface area contributed by atoms with Gasteiger partial charge in [0.05, 0.1) is 24.6 Å². The third-order valence-corrected chi connectivity index (χ3v) is 5.11. The van der Waals surface area contributed by atoms with Crippen molar-refractivity contribution in [3.63, 3.8) is 0 Å². The molecule has 2 amide bonds. The summed E-state index contributed by atoms with van der Waals surface area (Å²) in [5.41, 5.74) is 1.92. The predicted molar refractivity (Wildman–Crippen MR) is 133 cm³/mol. The summed E-state index contributed by atoms with van der Waals surface area (Å²) >= 11 is 0. The Hall–Kier alpha value is -4.37. The fourth-order valence-electron chi connectivity index (χ4n) is 3.37. The van der Waals surface area contributed by atoms with Crippen LogP contribution >= 0.6 is 0 Å². The van der Waals surface area contributed by atoms with Crippen LogP contribution in [0.15, 0.2) is 78.9 Å². The quantitative estimate of drug-likeness (QED) is 0.320. The number of carboxylic acids is 1. The van der Waals surface area contributed by atoms with E-state index in [4.69, 9.17) is 14.2 Å². The van der Waals surface area contributed by atoms with Crippen molar-refractivity contribution in [2.45, 2.75) is 19.1 Å². The van der Waals surface area contributed by atoms with E-state index in [2.05, 4.69) is 10.6 Å². The van der Waals surface area contributed by atoms with Crippen LogP contribution in [-0.2, 0) is 20.9 Å². The molecule has 0 bridgehead atoms. The van der Waals surface area contributed by atoms with E-state index in [1.807, 2.05) is 30.3 Å². The van der Waals surface area contributed by atoms with Gasteiger partial charge in [0.15, 0.2) is 0 Å². The molecule has 188 valence electrons. The van der Waals surface area contributed by atoms with Crippen molar-refractivity contribution in [1.29, 1.82) is 0 Å². The fraction of sp³-hybridized carbons (Fsp3) is 0.222. The lowest BCUT2D eigenvalue weighted by molar-refractivity contribution is -0.137. The van der Waals surface area contributed by atoms with Crippen LogP contribution in [0.3, 0.4) is 0 Å². The summed E-state index contributed by atoms with van der Waals surface area (Å²) in [5, 5.41) is 14.7. The van der Waals surface area contributed by atoms with Gasteiger partial charge in [-0.2, -0.15) is 0 Å². The van der Waals surface area contributed by atoms with E-state index < -0.39 is 24.0 Å². The van der Waals surface area contributed by atoms with Crippen molar-refractivity contribution < 1.29 is 33.7 Å². The molecule has 0 aliphatic heterocycles. The second kappa shape index (κ2) is 13.5. The number of nitrogens with one attached hydrogen (secondary N) is 2. The van der Waals surface area contributed by atoms with Crippen LogP contribution in [0.4, 0.5) is 10.5 Å². The zero-order valence-electron chi connectivity index (χ0n) is 19.8. The number of aliphatic carboxylic acids is 1. The summed E-state index contributed by atoms with van der Waals surface area (Å²) in [7, 11) is 1.53. The first-order chi connectivity index (χ1) is 17.5. The molecule has 0 aromatic heterocycles. The normalized spacial score (nSPS) is 11.2. The van der Waals surface area contributed by atoms with Crippen molar-refractivity contribution in [3.05, 3.63) is 95.6 Å². The maximum atomic E-state index is 13.3. The van der Waals surface area contributed by atoms with Crippen molar-refractivity contribution in [3.8, 4) is 5.75 Å². The van der Waals surface area contributed by atoms with E-state index in [9.17, 15) is 19.5 Å². The number of anilines is 1. The Balaban J connectivity index is 1.77. The lowest BCUT2D eigenvalue weighted by atomic mass is 10.0. The van der Waals surface area contributed by atoms with Gasteiger partial charge in [0.25, 0.3) is 5.91 Å². The Morgan fingerprint density at radius 2 is 1.61 bits per heavy atom. The number of hydrogen-bond acceptors (Lipinski definition) is 6. The lowest BCUT2D eigenvalue weighted by Gasteiger charge is -2.19. The zero-order valence-corrected chi connectivity index (χ0v) is 19.8. The predicted octanol–water partition coefficient (Wildman–Crippen LogP) is 4.41. The van der Waals surface area contributed by atoms with Gasteiger partial charge in [0.1, 0.15) is 19.0 Å². The minimum absolute atomic E-state index is 0.0895. The van der Waals surface area contributed by atoms with Crippen molar-refractivity contribution in [2.75, 3.05) is 25.6 Å². The highest BCUT2D eigenvalue weighted by Crippen LogP contribution is 2.25. The first kappa shape index (κ1) is 26.2. The van der Waals surface area contributed by atoms with Gasteiger partial charge < -0.3 is 24.6 Å². The summed E-state index contributed by atoms with van der Waals surface area (Å²) < 4.78 is 15.9. The number of amides is 2. The summed E-state index contributed by atoms with van der Waals surface area (Å²) in [6.45, 7) is 0.588. The van der Waals surface area contributed by atoms with E-state index in [1.165, 1.54) is 13.2 Å². The van der Waals surface area contributed by atoms with Crippen LogP contribution < -0.4 is 15.4 Å². The molecular weight excluding hydrogens is 464 g/mol. The number of carbonyl (C=O) groups excluding carboxylic acids is 2. The highest BCUT2D eigenvalue weighted by Gasteiger charge is 2.22. The minimum Gasteiger partial charge on any atom is -0.490 e. The van der Waals surface area contributed by atoms with Crippen LogP contribution in [0, 0.1) is 0 Å². The smallest absolute Gasteiger partial charge is 0.411 e. The number of rotatable bonds is 12. The molecule has 9 heteroatoms. The number of benzene rings is 3. The molecule has 0 radical (unpaired) electrons. The number of carbonyl (C=O) groups is 3. The number of methoxy groups -OCH3 is 1. The maximum Gasteiger partial charge on any atom is 0.411 e. The Morgan fingerprint density at radius 3 is 2.28 bits per heavy atom. The molecule has 3 aromatic carbocycles. The molecule has 1 atom stereocenters. The molecule has 3 N–H and O–H groups in total. The van der Waals surface area contributed by atoms with E-state index >= 15 is 0 Å². The molecule has 1 unspecified atom stereocenters. The first-order valence-corrected chi connectivity index (χ1v) is 11.3. The maximum absolute atomic E-state index is 13.3. The molecule has 0 aliphatic carbocycles. The molecule has 3 aromatic rings. The van der Waals surface area contributed by atoms with Crippen LogP contribution in [0.5, 0.6) is 5.75 Å². The van der Waals surface area contributed by atoms with Gasteiger partial charge in [-0.15, -0.1) is 0 Å². The van der Waals surface area contributed by atoms with Crippen molar-refractivity contribution >= 4 is 23.7 Å². The van der Waals surface area contributed by atoms with E-state index in [-0.39, 0.29) is 30.9 Å². The zero-order chi connectivity index (χ0) is 25.8. The summed E-state index contributed by atoms with van der Waals surface area (Å²) in [5.74, 6) is -1.36. The average molecular weight is 493 g/mol. The number of ether oxygens (including phenoxy) is 3. The van der Waals surface area contributed by atoms with Gasteiger partial charge in [-0.3, -0.25) is 14.9 Å². The third kappa shape index (κ3) is 8.14. The van der Waals surface area contributed by atoms with E-state index in [1.54, 1.807) is 42.5 Å². The largest absolute Gasteiger partial charge is 0.490 e. The molecule has 0 saturated carbocycles. The minimum atomic E-state index is -1.06. The van der Waals surface area contributed by atoms with Crippen LogP contribution in [-0.4, -0.2) is 43.4 Å². The van der Waals surface area contributed by atoms with Crippen molar-refractivity contribution in [2.24, 2.45) is 0 Å². The standard InChI is InChI=1S/C27H28N2O7/c1-34-14-15-35-24-13-12-21(28-27(33)36-18-19-8-4-2-5-9-19)16-22(24)26(32)29-23(17-25(30)31)20-10-6-3-7-11-20/h2-13,16,23H,14-15,17-18H2,1H3,(H,28,33)(H,29,32)(H,30,31). The van der Waals surface area contributed by atoms with Crippen LogP contribution in [0.25, 0.3) is 0 Å². The highest BCUT2D eigenvalue weighted by molar-refractivity contribution is 5.99. The molecule has 0 spiro atoms. The van der Waals surface area contributed by atoms with E-state index in [0.717, 1.165) is 5.56 Å². The molecule has 36 heavy (non-hydrogen) atoms. The van der Waals surface area contributed by atoms with Gasteiger partial charge in [-0.1, -0.05) is 60.7 Å². The second-order valence-electron chi connectivity index (χ2n) is 7.77. The summed E-state index contributed by atoms with van der Waals surface area (Å²) in [4.78, 5) is 37.0. The molecule has 3 rings (SSSR count). The molecule has 9 nitrogen and oxygen atoms in total. The van der Waals surface area contributed by atoms with Gasteiger partial charge in [-0.05, 0) is 29.3 Å². The Labute approximate surface area is 209 Å². The Bertz CT molecular complexity index is 1150. The lowest BCUT2D eigenvalue weighted by Crippen LogP contribution is -2.30. The molecule has 0 heterocycles. The van der Waals surface area contributed by atoms with E-state index in [0.29, 0.717) is 17.9 Å². The monoisotopic (exact) mass is 492 g/mol. The van der Waals surface area contributed by atoms with Crippen molar-refractivity contribution in [1.82, 2.24) is 5.32 Å². The summed E-state index contributed by atoms with van der Waals surface area (Å²) in [6, 6.07) is 21.8. The molecular formula is C27H28N2O7. The van der Waals surface area contributed by atoms with Crippen LogP contribution in [0.1, 0.15) is 33.9 Å². The fourth-order valence-corrected chi connectivity index (χ4v) is 3.37. The average Bonchev–Trinajstić information content (AvgIpc) is 2.89. The summed E-state index contributed by atoms with van der Waals surface area (Å²) in [6.07, 6.45) is -0.995. The van der Waals surface area contributed by atoms with Gasteiger partial charge in [0.2, 0.25) is 0 Å². The molecule has 0 aliphatic rings. The Morgan fingerprint density at radius 1 is 0.917 bits per heavy atom. The van der Waals surface area contributed by atoms with Gasteiger partial charge >= 0.3 is 12.1 Å². The number of hydrogen-bond donors (Lipinski definition) is 3. The third-order valence-electron chi connectivity index (χ3n) is 5.11.